The van der Waals surface area contributed by atoms with E-state index in [4.69, 9.17) is 5.73 Å². The van der Waals surface area contributed by atoms with Crippen molar-refractivity contribution in [1.29, 1.82) is 0 Å². The first-order valence-electron chi connectivity index (χ1n) is 5.73. The standard InChI is InChI=1S/C10H21NO.C2H6/c1-4-5-6-10(3,8-11)7-9(2)12;1-2/h4-8,11H2,1-3H3;1-2H3. The Morgan fingerprint density at radius 2 is 1.86 bits per heavy atom. The molecule has 0 radical (unpaired) electrons. The number of carbonyl (C=O) groups is 1. The van der Waals surface area contributed by atoms with Gasteiger partial charge in [0.25, 0.3) is 0 Å². The number of nitrogens with two attached hydrogens (primary N) is 1. The lowest BCUT2D eigenvalue weighted by atomic mass is 9.80. The van der Waals surface area contributed by atoms with Crippen LogP contribution < -0.4 is 5.73 Å². The maximum absolute atomic E-state index is 10.9. The van der Waals surface area contributed by atoms with Gasteiger partial charge in [-0.25, -0.2) is 0 Å². The van der Waals surface area contributed by atoms with Gasteiger partial charge >= 0.3 is 0 Å². The lowest BCUT2D eigenvalue weighted by Gasteiger charge is -2.26. The first-order valence-corrected chi connectivity index (χ1v) is 5.73. The average Bonchev–Trinajstić information content (AvgIpc) is 2.17. The molecule has 0 saturated heterocycles. The molecule has 14 heavy (non-hydrogen) atoms. The van der Waals surface area contributed by atoms with E-state index in [0.717, 1.165) is 6.42 Å². The van der Waals surface area contributed by atoms with Crippen LogP contribution in [0, 0.1) is 5.41 Å². The Morgan fingerprint density at radius 3 is 2.14 bits per heavy atom. The lowest BCUT2D eigenvalue weighted by Crippen LogP contribution is -2.29. The number of Topliss-reactive ketones (excluding diaryl/α,β-unsaturated/α-hetero) is 1. The van der Waals surface area contributed by atoms with Gasteiger partial charge in [0.1, 0.15) is 5.78 Å². The van der Waals surface area contributed by atoms with Crippen molar-refractivity contribution in [2.45, 2.75) is 60.3 Å². The third-order valence-electron chi connectivity index (χ3n) is 2.30. The smallest absolute Gasteiger partial charge is 0.130 e. The van der Waals surface area contributed by atoms with E-state index < -0.39 is 0 Å². The van der Waals surface area contributed by atoms with Crippen LogP contribution in [0.2, 0.25) is 0 Å². The number of rotatable bonds is 6. The maximum atomic E-state index is 10.9. The van der Waals surface area contributed by atoms with Gasteiger partial charge in [0.05, 0.1) is 0 Å². The Hall–Kier alpha value is -0.370. The number of unbranched alkanes of at least 4 members (excludes halogenated alkanes) is 1. The van der Waals surface area contributed by atoms with E-state index in [0.29, 0.717) is 13.0 Å². The van der Waals surface area contributed by atoms with Crippen LogP contribution in [0.25, 0.3) is 0 Å². The van der Waals surface area contributed by atoms with Crippen LogP contribution in [-0.2, 0) is 4.79 Å². The van der Waals surface area contributed by atoms with Gasteiger partial charge in [0.2, 0.25) is 0 Å². The zero-order valence-electron chi connectivity index (χ0n) is 10.5. The van der Waals surface area contributed by atoms with Gasteiger partial charge in [-0.1, -0.05) is 40.5 Å². The molecule has 2 heteroatoms. The normalized spacial score (nSPS) is 13.9. The second-order valence-corrected chi connectivity index (χ2v) is 4.00. The summed E-state index contributed by atoms with van der Waals surface area (Å²) >= 11 is 0. The minimum Gasteiger partial charge on any atom is -0.330 e. The van der Waals surface area contributed by atoms with Crippen molar-refractivity contribution in [3.8, 4) is 0 Å². The molecular weight excluding hydrogens is 174 g/mol. The highest BCUT2D eigenvalue weighted by Crippen LogP contribution is 2.26. The van der Waals surface area contributed by atoms with E-state index in [2.05, 4.69) is 13.8 Å². The first-order chi connectivity index (χ1) is 6.54. The van der Waals surface area contributed by atoms with Crippen molar-refractivity contribution in [1.82, 2.24) is 0 Å². The van der Waals surface area contributed by atoms with Crippen LogP contribution in [-0.4, -0.2) is 12.3 Å². The highest BCUT2D eigenvalue weighted by molar-refractivity contribution is 5.76. The molecule has 0 spiro atoms. The van der Waals surface area contributed by atoms with Gasteiger partial charge in [-0.05, 0) is 25.3 Å². The van der Waals surface area contributed by atoms with Gasteiger partial charge < -0.3 is 10.5 Å². The number of hydrogen-bond donors (Lipinski definition) is 1. The SMILES string of the molecule is CC.CCCCC(C)(CN)CC(C)=O. The molecule has 0 bridgehead atoms. The highest BCUT2D eigenvalue weighted by atomic mass is 16.1. The molecule has 0 aliphatic carbocycles. The van der Waals surface area contributed by atoms with Gasteiger partial charge in [0.15, 0.2) is 0 Å². The van der Waals surface area contributed by atoms with Crippen LogP contribution in [0.1, 0.15) is 60.3 Å². The molecule has 0 amide bonds. The summed E-state index contributed by atoms with van der Waals surface area (Å²) in [4.78, 5) is 10.9. The maximum Gasteiger partial charge on any atom is 0.130 e. The van der Waals surface area contributed by atoms with Crippen molar-refractivity contribution in [3.63, 3.8) is 0 Å². The molecule has 0 aliphatic rings. The molecule has 0 fully saturated rings. The van der Waals surface area contributed by atoms with Gasteiger partial charge in [-0.2, -0.15) is 0 Å². The molecule has 0 heterocycles. The lowest BCUT2D eigenvalue weighted by molar-refractivity contribution is -0.119. The highest BCUT2D eigenvalue weighted by Gasteiger charge is 2.23. The Bertz CT molecular complexity index is 145. The Morgan fingerprint density at radius 1 is 1.36 bits per heavy atom. The van der Waals surface area contributed by atoms with Crippen LogP contribution in [0.4, 0.5) is 0 Å². The second kappa shape index (κ2) is 9.20. The quantitative estimate of drug-likeness (QED) is 0.717. The molecular formula is C12H27NO. The number of ketones is 1. The van der Waals surface area contributed by atoms with Crippen molar-refractivity contribution in [2.75, 3.05) is 6.54 Å². The van der Waals surface area contributed by atoms with E-state index in [1.54, 1.807) is 6.92 Å². The zero-order chi connectivity index (χ0) is 11.6. The summed E-state index contributed by atoms with van der Waals surface area (Å²) in [5, 5.41) is 0. The zero-order valence-corrected chi connectivity index (χ0v) is 10.5. The fraction of sp³-hybridized carbons (Fsp3) is 0.917. The molecule has 1 atom stereocenters. The molecule has 0 aromatic heterocycles. The molecule has 0 saturated carbocycles. The van der Waals surface area contributed by atoms with Gasteiger partial charge in [-0.15, -0.1) is 0 Å². The molecule has 0 rings (SSSR count). The second-order valence-electron chi connectivity index (χ2n) is 4.00. The van der Waals surface area contributed by atoms with E-state index in [9.17, 15) is 4.79 Å². The van der Waals surface area contributed by atoms with E-state index >= 15 is 0 Å². The first kappa shape index (κ1) is 16.1. The average molecular weight is 201 g/mol. The molecule has 0 aromatic carbocycles. The minimum absolute atomic E-state index is 0.0435. The molecule has 86 valence electrons. The fourth-order valence-corrected chi connectivity index (χ4v) is 1.47. The van der Waals surface area contributed by atoms with Crippen LogP contribution >= 0.6 is 0 Å². The summed E-state index contributed by atoms with van der Waals surface area (Å²) < 4.78 is 0. The van der Waals surface area contributed by atoms with Crippen molar-refractivity contribution >= 4 is 5.78 Å². The summed E-state index contributed by atoms with van der Waals surface area (Å²) in [7, 11) is 0. The monoisotopic (exact) mass is 201 g/mol. The van der Waals surface area contributed by atoms with E-state index in [1.807, 2.05) is 13.8 Å². The minimum atomic E-state index is 0.0435. The van der Waals surface area contributed by atoms with Crippen LogP contribution in [0.5, 0.6) is 0 Å². The van der Waals surface area contributed by atoms with Crippen LogP contribution in [0.3, 0.4) is 0 Å². The molecule has 0 aromatic rings. The number of hydrogen-bond acceptors (Lipinski definition) is 2. The van der Waals surface area contributed by atoms with Crippen molar-refractivity contribution in [2.24, 2.45) is 11.1 Å². The summed E-state index contributed by atoms with van der Waals surface area (Å²) in [5.74, 6) is 0.249. The van der Waals surface area contributed by atoms with Gasteiger partial charge in [0, 0.05) is 6.42 Å². The van der Waals surface area contributed by atoms with Crippen LogP contribution in [0.15, 0.2) is 0 Å². The summed E-state index contributed by atoms with van der Waals surface area (Å²) in [6.45, 7) is 10.5. The number of carbonyl (C=O) groups excluding carboxylic acids is 1. The molecule has 2 N–H and O–H groups in total. The Labute approximate surface area is 89.3 Å². The summed E-state index contributed by atoms with van der Waals surface area (Å²) in [5.41, 5.74) is 5.69. The largest absolute Gasteiger partial charge is 0.330 e. The predicted molar refractivity (Wildman–Crippen MR) is 63.3 cm³/mol. The molecule has 2 nitrogen and oxygen atoms in total. The Kier molecular flexibility index (Phi) is 10.6. The summed E-state index contributed by atoms with van der Waals surface area (Å²) in [6.07, 6.45) is 4.04. The third kappa shape index (κ3) is 8.24. The van der Waals surface area contributed by atoms with Crippen molar-refractivity contribution < 1.29 is 4.79 Å². The van der Waals surface area contributed by atoms with Gasteiger partial charge in [-0.3, -0.25) is 0 Å². The third-order valence-corrected chi connectivity index (χ3v) is 2.30. The topological polar surface area (TPSA) is 43.1 Å². The summed E-state index contributed by atoms with van der Waals surface area (Å²) in [6, 6.07) is 0. The Balaban J connectivity index is 0. The van der Waals surface area contributed by atoms with E-state index in [1.165, 1.54) is 12.8 Å². The predicted octanol–water partition coefficient (Wildman–Crippen LogP) is 3.15. The molecule has 1 unspecified atom stereocenters. The fourth-order valence-electron chi connectivity index (χ4n) is 1.47. The molecule has 0 aliphatic heterocycles. The van der Waals surface area contributed by atoms with Crippen molar-refractivity contribution in [3.05, 3.63) is 0 Å². The van der Waals surface area contributed by atoms with E-state index in [-0.39, 0.29) is 11.2 Å².